The van der Waals surface area contributed by atoms with Gasteiger partial charge in [-0.25, -0.2) is 4.79 Å². The molecule has 5 nitrogen and oxygen atoms in total. The second kappa shape index (κ2) is 8.76. The molecular weight excluding hydrogens is 378 g/mol. The summed E-state index contributed by atoms with van der Waals surface area (Å²) in [5.74, 6) is 0. The summed E-state index contributed by atoms with van der Waals surface area (Å²) in [5.41, 5.74) is 1.03. The van der Waals surface area contributed by atoms with E-state index in [9.17, 15) is 9.59 Å². The van der Waals surface area contributed by atoms with Crippen molar-refractivity contribution in [1.82, 2.24) is 4.90 Å². The Morgan fingerprint density at radius 3 is 2.18 bits per heavy atom. The molecule has 2 aromatic rings. The van der Waals surface area contributed by atoms with Crippen LogP contribution in [0.4, 0.5) is 4.79 Å². The van der Waals surface area contributed by atoms with Crippen LogP contribution in [0.15, 0.2) is 60.7 Å². The van der Waals surface area contributed by atoms with E-state index in [-0.39, 0.29) is 19.1 Å². The van der Waals surface area contributed by atoms with Crippen molar-refractivity contribution in [2.24, 2.45) is 0 Å². The normalized spacial score (nSPS) is 20.8. The maximum atomic E-state index is 13.0. The van der Waals surface area contributed by atoms with Gasteiger partial charge in [-0.3, -0.25) is 9.69 Å². The lowest BCUT2D eigenvalue weighted by atomic mass is 9.99. The van der Waals surface area contributed by atoms with E-state index in [0.29, 0.717) is 6.42 Å². The lowest BCUT2D eigenvalue weighted by Crippen LogP contribution is -2.49. The van der Waals surface area contributed by atoms with Gasteiger partial charge in [0.15, 0.2) is 0 Å². The van der Waals surface area contributed by atoms with Crippen molar-refractivity contribution >= 4 is 22.9 Å². The molecule has 6 heteroatoms. The number of carbonyl (C=O) groups is 2. The largest absolute Gasteiger partial charge is 0.444 e. The SMILES string of the molecule is CC1(C)O[C@H](CC(=O)Cl)[C@H](Cc2ccccc2)N1C(=O)OCc1ccccc1. The molecule has 3 rings (SSSR count). The highest BCUT2D eigenvalue weighted by atomic mass is 35.5. The third kappa shape index (κ3) is 4.91. The summed E-state index contributed by atoms with van der Waals surface area (Å²) >= 11 is 5.63. The number of hydrogen-bond acceptors (Lipinski definition) is 4. The zero-order chi connectivity index (χ0) is 20.1. The van der Waals surface area contributed by atoms with Crippen LogP contribution >= 0.6 is 11.6 Å². The molecule has 1 aliphatic rings. The standard InChI is InChI=1S/C22H24ClNO4/c1-22(2)24(21(26)27-15-17-11-7-4-8-12-17)18(19(28-22)14-20(23)25)13-16-9-5-3-6-10-16/h3-12,18-19H,13-15H2,1-2H3/t18-,19+/m0/s1. The fourth-order valence-corrected chi connectivity index (χ4v) is 3.78. The van der Waals surface area contributed by atoms with Crippen LogP contribution < -0.4 is 0 Å². The van der Waals surface area contributed by atoms with Gasteiger partial charge < -0.3 is 9.47 Å². The Bertz CT molecular complexity index is 810. The Morgan fingerprint density at radius 2 is 1.61 bits per heavy atom. The molecule has 0 bridgehead atoms. The fraction of sp³-hybridized carbons (Fsp3) is 0.364. The first-order chi connectivity index (χ1) is 13.4. The summed E-state index contributed by atoms with van der Waals surface area (Å²) in [4.78, 5) is 26.1. The van der Waals surface area contributed by atoms with Gasteiger partial charge in [0, 0.05) is 0 Å². The number of benzene rings is 2. The number of rotatable bonds is 6. The van der Waals surface area contributed by atoms with Gasteiger partial charge >= 0.3 is 6.09 Å². The predicted molar refractivity (Wildman–Crippen MR) is 107 cm³/mol. The third-order valence-corrected chi connectivity index (χ3v) is 4.99. The van der Waals surface area contributed by atoms with Crippen LogP contribution in [-0.4, -0.2) is 34.1 Å². The van der Waals surface area contributed by atoms with Crippen LogP contribution in [0.25, 0.3) is 0 Å². The fourth-order valence-electron chi connectivity index (χ4n) is 3.63. The highest BCUT2D eigenvalue weighted by molar-refractivity contribution is 6.63. The molecule has 1 aliphatic heterocycles. The quantitative estimate of drug-likeness (QED) is 0.667. The van der Waals surface area contributed by atoms with Crippen molar-refractivity contribution in [2.75, 3.05) is 0 Å². The smallest absolute Gasteiger partial charge is 0.412 e. The van der Waals surface area contributed by atoms with Gasteiger partial charge in [-0.2, -0.15) is 0 Å². The second-order valence-electron chi connectivity index (χ2n) is 7.33. The number of amides is 1. The van der Waals surface area contributed by atoms with Gasteiger partial charge in [0.25, 0.3) is 0 Å². The molecule has 0 aromatic heterocycles. The molecule has 2 aromatic carbocycles. The zero-order valence-electron chi connectivity index (χ0n) is 16.0. The van der Waals surface area contributed by atoms with Crippen LogP contribution in [0.3, 0.4) is 0 Å². The lowest BCUT2D eigenvalue weighted by molar-refractivity contribution is -0.116. The van der Waals surface area contributed by atoms with Crippen LogP contribution in [0.5, 0.6) is 0 Å². The van der Waals surface area contributed by atoms with Gasteiger partial charge in [-0.05, 0) is 43.0 Å². The minimum Gasteiger partial charge on any atom is -0.444 e. The second-order valence-corrected chi connectivity index (χ2v) is 7.75. The van der Waals surface area contributed by atoms with E-state index >= 15 is 0 Å². The van der Waals surface area contributed by atoms with Crippen LogP contribution in [0.1, 0.15) is 31.4 Å². The van der Waals surface area contributed by atoms with Gasteiger partial charge in [0.2, 0.25) is 5.24 Å². The summed E-state index contributed by atoms with van der Waals surface area (Å²) in [7, 11) is 0. The number of halogens is 1. The molecule has 148 valence electrons. The van der Waals surface area contributed by atoms with Crippen molar-refractivity contribution in [3.8, 4) is 0 Å². The van der Waals surface area contributed by atoms with E-state index < -0.39 is 23.2 Å². The van der Waals surface area contributed by atoms with Crippen LogP contribution in [-0.2, 0) is 27.3 Å². The molecular formula is C22H24ClNO4. The Labute approximate surface area is 170 Å². The summed E-state index contributed by atoms with van der Waals surface area (Å²) in [5, 5.41) is -0.488. The summed E-state index contributed by atoms with van der Waals surface area (Å²) in [6, 6.07) is 18.9. The summed E-state index contributed by atoms with van der Waals surface area (Å²) in [6.07, 6.45) is -0.395. The molecule has 1 saturated heterocycles. The minimum absolute atomic E-state index is 0.0327. The molecule has 28 heavy (non-hydrogen) atoms. The van der Waals surface area contributed by atoms with Gasteiger partial charge in [0.05, 0.1) is 18.6 Å². The van der Waals surface area contributed by atoms with Gasteiger partial charge in [0.1, 0.15) is 12.3 Å². The summed E-state index contributed by atoms with van der Waals surface area (Å²) in [6.45, 7) is 3.77. The predicted octanol–water partition coefficient (Wildman–Crippen LogP) is 4.53. The topological polar surface area (TPSA) is 55.8 Å². The maximum Gasteiger partial charge on any atom is 0.412 e. The Morgan fingerprint density at radius 1 is 1.04 bits per heavy atom. The molecule has 1 amide bonds. The number of nitrogens with zero attached hydrogens (tertiary/aromatic N) is 1. The van der Waals surface area contributed by atoms with Crippen LogP contribution in [0.2, 0.25) is 0 Å². The van der Waals surface area contributed by atoms with Gasteiger partial charge in [-0.1, -0.05) is 60.7 Å². The average molecular weight is 402 g/mol. The molecule has 0 radical (unpaired) electrons. The monoisotopic (exact) mass is 401 g/mol. The van der Waals surface area contributed by atoms with E-state index in [0.717, 1.165) is 11.1 Å². The van der Waals surface area contributed by atoms with E-state index in [1.165, 1.54) is 0 Å². The summed E-state index contributed by atoms with van der Waals surface area (Å²) < 4.78 is 11.6. The third-order valence-electron chi connectivity index (χ3n) is 4.83. The van der Waals surface area contributed by atoms with E-state index in [2.05, 4.69) is 0 Å². The molecule has 0 spiro atoms. The van der Waals surface area contributed by atoms with Crippen molar-refractivity contribution in [3.63, 3.8) is 0 Å². The molecule has 1 fully saturated rings. The molecule has 0 unspecified atom stereocenters. The number of hydrogen-bond donors (Lipinski definition) is 0. The average Bonchev–Trinajstić information content (AvgIpc) is 2.90. The van der Waals surface area contributed by atoms with E-state index in [1.807, 2.05) is 60.7 Å². The first kappa shape index (κ1) is 20.4. The lowest BCUT2D eigenvalue weighted by Gasteiger charge is -2.33. The first-order valence-electron chi connectivity index (χ1n) is 9.27. The van der Waals surface area contributed by atoms with Crippen molar-refractivity contribution in [2.45, 2.75) is 51.2 Å². The Kier molecular flexibility index (Phi) is 6.37. The minimum atomic E-state index is -0.912. The van der Waals surface area contributed by atoms with E-state index in [1.54, 1.807) is 18.7 Å². The highest BCUT2D eigenvalue weighted by Crippen LogP contribution is 2.36. The molecule has 2 atom stereocenters. The Balaban J connectivity index is 1.81. The van der Waals surface area contributed by atoms with E-state index in [4.69, 9.17) is 21.1 Å². The first-order valence-corrected chi connectivity index (χ1v) is 9.65. The maximum absolute atomic E-state index is 13.0. The number of carbonyl (C=O) groups excluding carboxylic acids is 2. The number of ether oxygens (including phenoxy) is 2. The van der Waals surface area contributed by atoms with Crippen molar-refractivity contribution in [1.29, 1.82) is 0 Å². The van der Waals surface area contributed by atoms with Gasteiger partial charge in [-0.15, -0.1) is 0 Å². The Hall–Kier alpha value is -2.37. The highest BCUT2D eigenvalue weighted by Gasteiger charge is 2.50. The van der Waals surface area contributed by atoms with Crippen molar-refractivity contribution < 1.29 is 19.1 Å². The van der Waals surface area contributed by atoms with Crippen molar-refractivity contribution in [3.05, 3.63) is 71.8 Å². The molecule has 0 aliphatic carbocycles. The van der Waals surface area contributed by atoms with Crippen LogP contribution in [0, 0.1) is 0 Å². The zero-order valence-corrected chi connectivity index (χ0v) is 16.8. The molecule has 0 N–H and O–H groups in total. The molecule has 0 saturated carbocycles. The molecule has 1 heterocycles.